The van der Waals surface area contributed by atoms with E-state index in [1.165, 1.54) is 19.1 Å². The smallest absolute Gasteiger partial charge is 0.334 e. The topological polar surface area (TPSA) is 133 Å². The Labute approximate surface area is 174 Å². The summed E-state index contributed by atoms with van der Waals surface area (Å²) < 4.78 is 5.24. The highest BCUT2D eigenvalue weighted by Crippen LogP contribution is 2.40. The first-order valence-corrected chi connectivity index (χ1v) is 9.24. The fourth-order valence-electron chi connectivity index (χ4n) is 3.29. The summed E-state index contributed by atoms with van der Waals surface area (Å²) in [6.45, 7) is 6.10. The number of carboxylic acids is 2. The van der Waals surface area contributed by atoms with Crippen LogP contribution < -0.4 is 5.32 Å². The molecule has 0 saturated carbocycles. The Morgan fingerprint density at radius 1 is 1.10 bits per heavy atom. The monoisotopic (exact) mass is 415 g/mol. The number of aliphatic hydroxyl groups is 1. The van der Waals surface area contributed by atoms with Gasteiger partial charge in [0, 0.05) is 11.8 Å². The summed E-state index contributed by atoms with van der Waals surface area (Å²) in [5.41, 5.74) is -0.0202. The molecule has 1 aliphatic heterocycles. The predicted molar refractivity (Wildman–Crippen MR) is 109 cm³/mol. The number of carbonyl (C=O) groups is 3. The summed E-state index contributed by atoms with van der Waals surface area (Å²) in [7, 11) is 0. The quantitative estimate of drug-likeness (QED) is 0.411. The van der Waals surface area contributed by atoms with E-state index in [0.717, 1.165) is 0 Å². The lowest BCUT2D eigenvalue weighted by Gasteiger charge is -2.30. The first-order valence-electron chi connectivity index (χ1n) is 9.24. The van der Waals surface area contributed by atoms with Crippen molar-refractivity contribution in [2.45, 2.75) is 39.2 Å². The number of benzene rings is 1. The molecule has 30 heavy (non-hydrogen) atoms. The van der Waals surface area contributed by atoms with E-state index in [0.29, 0.717) is 11.1 Å². The van der Waals surface area contributed by atoms with Gasteiger partial charge >= 0.3 is 17.9 Å². The van der Waals surface area contributed by atoms with Crippen molar-refractivity contribution in [3.8, 4) is 0 Å². The zero-order valence-electron chi connectivity index (χ0n) is 17.2. The number of carbonyl (C=O) groups excluding carboxylic acids is 1. The highest BCUT2D eigenvalue weighted by atomic mass is 16.6. The molecule has 0 aromatic heterocycles. The number of dihydropyridines is 1. The molecular weight excluding hydrogens is 390 g/mol. The average molecular weight is 415 g/mol. The lowest BCUT2D eigenvalue weighted by molar-refractivity contribution is -0.148. The first kappa shape index (κ1) is 22.9. The molecule has 8 heteroatoms. The number of hydrogen-bond donors (Lipinski definition) is 4. The molecule has 4 N–H and O–H groups in total. The summed E-state index contributed by atoms with van der Waals surface area (Å²) >= 11 is 0. The molecular formula is C22H25NO7. The van der Waals surface area contributed by atoms with Crippen molar-refractivity contribution in [2.24, 2.45) is 0 Å². The van der Waals surface area contributed by atoms with E-state index in [2.05, 4.69) is 5.32 Å². The van der Waals surface area contributed by atoms with Crippen molar-refractivity contribution in [3.63, 3.8) is 0 Å². The summed E-state index contributed by atoms with van der Waals surface area (Å²) in [6, 6.07) is 6.58. The Morgan fingerprint density at radius 2 is 1.70 bits per heavy atom. The summed E-state index contributed by atoms with van der Waals surface area (Å²) in [5.74, 6) is -4.37. The fraction of sp³-hybridized carbons (Fsp3) is 0.318. The van der Waals surface area contributed by atoms with Crippen molar-refractivity contribution in [2.75, 3.05) is 6.61 Å². The largest absolute Gasteiger partial charge is 0.478 e. The number of aliphatic carboxylic acids is 2. The van der Waals surface area contributed by atoms with Gasteiger partial charge in [0.05, 0.1) is 29.4 Å². The van der Waals surface area contributed by atoms with Crippen LogP contribution in [0.2, 0.25) is 0 Å². The van der Waals surface area contributed by atoms with E-state index in [1.54, 1.807) is 45.0 Å². The number of nitrogens with one attached hydrogen (secondary N) is 1. The third-order valence-corrected chi connectivity index (χ3v) is 4.38. The number of carboxylic acid groups (broad SMARTS) is 2. The van der Waals surface area contributed by atoms with E-state index in [1.807, 2.05) is 0 Å². The second kappa shape index (κ2) is 8.96. The Kier molecular flexibility index (Phi) is 6.84. The molecule has 2 rings (SSSR count). The minimum Gasteiger partial charge on any atom is -0.478 e. The summed E-state index contributed by atoms with van der Waals surface area (Å²) in [4.78, 5) is 36.0. The number of ether oxygens (including phenoxy) is 1. The van der Waals surface area contributed by atoms with Crippen molar-refractivity contribution in [1.82, 2.24) is 5.32 Å². The van der Waals surface area contributed by atoms with Gasteiger partial charge in [-0.25, -0.2) is 14.4 Å². The maximum absolute atomic E-state index is 12.1. The van der Waals surface area contributed by atoms with Crippen LogP contribution in [0.25, 0.3) is 6.08 Å². The Balaban J connectivity index is 2.63. The molecule has 0 spiro atoms. The van der Waals surface area contributed by atoms with Crippen LogP contribution in [0.5, 0.6) is 0 Å². The molecule has 0 saturated heterocycles. The van der Waals surface area contributed by atoms with Crippen LogP contribution in [0.1, 0.15) is 44.7 Å². The lowest BCUT2D eigenvalue weighted by atomic mass is 9.78. The molecule has 1 aliphatic rings. The van der Waals surface area contributed by atoms with Crippen molar-refractivity contribution >= 4 is 24.0 Å². The van der Waals surface area contributed by atoms with Crippen molar-refractivity contribution in [3.05, 3.63) is 64.0 Å². The molecule has 0 radical (unpaired) electrons. The van der Waals surface area contributed by atoms with Gasteiger partial charge in [0.2, 0.25) is 0 Å². The molecule has 0 fully saturated rings. The van der Waals surface area contributed by atoms with Crippen LogP contribution in [0.4, 0.5) is 0 Å². The van der Waals surface area contributed by atoms with Gasteiger partial charge in [-0.3, -0.25) is 0 Å². The second-order valence-corrected chi connectivity index (χ2v) is 7.75. The van der Waals surface area contributed by atoms with Gasteiger partial charge < -0.3 is 25.4 Å². The molecule has 1 atom stereocenters. The van der Waals surface area contributed by atoms with Crippen molar-refractivity contribution in [1.29, 1.82) is 0 Å². The summed E-state index contributed by atoms with van der Waals surface area (Å²) in [6.07, 6.45) is 2.66. The van der Waals surface area contributed by atoms with E-state index in [9.17, 15) is 29.7 Å². The molecule has 0 aliphatic carbocycles. The van der Waals surface area contributed by atoms with E-state index >= 15 is 0 Å². The van der Waals surface area contributed by atoms with Gasteiger partial charge in [0.15, 0.2) is 0 Å². The molecule has 1 aromatic carbocycles. The highest BCUT2D eigenvalue weighted by molar-refractivity contribution is 5.99. The number of allylic oxidation sites excluding steroid dienone is 1. The number of hydrogen-bond acceptors (Lipinski definition) is 6. The van der Waals surface area contributed by atoms with E-state index < -0.39 is 36.0 Å². The van der Waals surface area contributed by atoms with Crippen LogP contribution in [-0.2, 0) is 19.1 Å². The Morgan fingerprint density at radius 3 is 2.23 bits per heavy atom. The van der Waals surface area contributed by atoms with Gasteiger partial charge in [-0.1, -0.05) is 24.3 Å². The highest BCUT2D eigenvalue weighted by Gasteiger charge is 2.38. The van der Waals surface area contributed by atoms with Crippen LogP contribution in [0.3, 0.4) is 0 Å². The van der Waals surface area contributed by atoms with Gasteiger partial charge in [0.1, 0.15) is 5.60 Å². The summed E-state index contributed by atoms with van der Waals surface area (Å²) in [5, 5.41) is 31.9. The SMILES string of the molecule is CC1=C(C(=O)O)C(c2ccccc2C=CC(=O)OC(C)(C)C)C(C(=O)O)=C(CO)N1. The fourth-order valence-corrected chi connectivity index (χ4v) is 3.29. The van der Waals surface area contributed by atoms with Crippen molar-refractivity contribution < 1.29 is 34.4 Å². The minimum atomic E-state index is -1.35. The molecule has 1 aromatic rings. The second-order valence-electron chi connectivity index (χ2n) is 7.75. The van der Waals surface area contributed by atoms with Gasteiger partial charge in [-0.2, -0.15) is 0 Å². The van der Waals surface area contributed by atoms with Crippen LogP contribution in [-0.4, -0.2) is 45.4 Å². The van der Waals surface area contributed by atoms with Gasteiger partial charge in [-0.05, 0) is 44.9 Å². The van der Waals surface area contributed by atoms with E-state index in [4.69, 9.17) is 4.74 Å². The Bertz CT molecular complexity index is 964. The number of esters is 1. The zero-order valence-corrected chi connectivity index (χ0v) is 17.2. The van der Waals surface area contributed by atoms with Crippen LogP contribution in [0, 0.1) is 0 Å². The van der Waals surface area contributed by atoms with Gasteiger partial charge in [-0.15, -0.1) is 0 Å². The lowest BCUT2D eigenvalue weighted by Crippen LogP contribution is -2.33. The molecule has 160 valence electrons. The molecule has 1 unspecified atom stereocenters. The standard InChI is InChI=1S/C22H25NO7/c1-12-17(20(26)27)18(19(21(28)29)15(11-24)23-12)14-8-6-5-7-13(14)9-10-16(25)30-22(2,3)4/h5-10,18,23-24H,11H2,1-4H3,(H,26,27)(H,28,29). The molecule has 1 heterocycles. The van der Waals surface area contributed by atoms with Crippen LogP contribution in [0.15, 0.2) is 52.9 Å². The molecule has 0 amide bonds. The normalized spacial score (nSPS) is 17.2. The third-order valence-electron chi connectivity index (χ3n) is 4.38. The number of rotatable bonds is 6. The molecule has 8 nitrogen and oxygen atoms in total. The van der Waals surface area contributed by atoms with Gasteiger partial charge in [0.25, 0.3) is 0 Å². The average Bonchev–Trinajstić information content (AvgIpc) is 2.63. The number of aliphatic hydroxyl groups excluding tert-OH is 1. The zero-order chi connectivity index (χ0) is 22.6. The van der Waals surface area contributed by atoms with Crippen LogP contribution >= 0.6 is 0 Å². The minimum absolute atomic E-state index is 0.0147. The Hall–Kier alpha value is -3.39. The third kappa shape index (κ3) is 5.15. The molecule has 0 bridgehead atoms. The maximum Gasteiger partial charge on any atom is 0.334 e. The first-order chi connectivity index (χ1) is 14.0. The van der Waals surface area contributed by atoms with E-state index in [-0.39, 0.29) is 22.5 Å². The maximum atomic E-state index is 12.1. The predicted octanol–water partition coefficient (Wildman–Crippen LogP) is 2.42.